The average Bonchev–Trinajstić information content (AvgIpc) is 2.26. The summed E-state index contributed by atoms with van der Waals surface area (Å²) in [5.41, 5.74) is 0.891. The quantitative estimate of drug-likeness (QED) is 0.348. The molecule has 0 aromatic heterocycles. The van der Waals surface area contributed by atoms with E-state index in [1.165, 1.54) is 12.1 Å². The fourth-order valence-corrected chi connectivity index (χ4v) is 1.17. The maximum absolute atomic E-state index is 9.19. The molecule has 0 aliphatic heterocycles. The Morgan fingerprint density at radius 1 is 1.06 bits per heavy atom. The lowest BCUT2D eigenvalue weighted by Gasteiger charge is -2.13. The van der Waals surface area contributed by atoms with Gasteiger partial charge in [0.2, 0.25) is 0 Å². The van der Waals surface area contributed by atoms with Crippen molar-refractivity contribution in [1.82, 2.24) is 0 Å². The number of hydrogen-bond donors (Lipinski definition) is 5. The summed E-state index contributed by atoms with van der Waals surface area (Å²) in [5, 5.41) is 43.7. The van der Waals surface area contributed by atoms with Gasteiger partial charge in [-0.05, 0) is 17.7 Å². The van der Waals surface area contributed by atoms with E-state index >= 15 is 0 Å². The first-order valence-electron chi connectivity index (χ1n) is 4.91. The fraction of sp³-hybridized carbons (Fsp3) is 0.400. The number of nitrogens with zero attached hydrogens (tertiary/aromatic N) is 1. The van der Waals surface area contributed by atoms with Crippen molar-refractivity contribution < 1.29 is 30.5 Å². The molecule has 17 heavy (non-hydrogen) atoms. The van der Waals surface area contributed by atoms with E-state index < -0.39 is 12.6 Å². The molecule has 1 unspecified atom stereocenters. The molecule has 0 fully saturated rings. The van der Waals surface area contributed by atoms with E-state index in [9.17, 15) is 5.11 Å². The van der Waals surface area contributed by atoms with Gasteiger partial charge in [-0.1, -0.05) is 12.1 Å². The zero-order valence-electron chi connectivity index (χ0n) is 8.97. The van der Waals surface area contributed by atoms with Gasteiger partial charge in [-0.15, -0.1) is 5.23 Å². The summed E-state index contributed by atoms with van der Waals surface area (Å²) >= 11 is 0. The van der Waals surface area contributed by atoms with Crippen LogP contribution in [-0.2, 0) is 11.3 Å². The van der Waals surface area contributed by atoms with Crippen LogP contribution >= 0.6 is 0 Å². The Hall–Kier alpha value is -1.22. The first-order valence-corrected chi connectivity index (χ1v) is 4.91. The van der Waals surface area contributed by atoms with Crippen LogP contribution in [0.1, 0.15) is 12.0 Å². The van der Waals surface area contributed by atoms with E-state index in [0.717, 1.165) is 0 Å². The zero-order valence-corrected chi connectivity index (χ0v) is 8.97. The molecule has 1 aromatic rings. The molecule has 7 nitrogen and oxygen atoms in total. The van der Waals surface area contributed by atoms with E-state index in [1.807, 2.05) is 0 Å². The summed E-state index contributed by atoms with van der Waals surface area (Å²) in [6.45, 7) is 0.0744. The predicted octanol–water partition coefficient (Wildman–Crippen LogP) is -0.193. The minimum absolute atomic E-state index is 0.0123. The van der Waals surface area contributed by atoms with Crippen molar-refractivity contribution in [3.63, 3.8) is 0 Å². The molecule has 0 radical (unpaired) electrons. The number of anilines is 1. The highest BCUT2D eigenvalue weighted by atomic mass is 16.8. The van der Waals surface area contributed by atoms with Gasteiger partial charge in [0.25, 0.3) is 0 Å². The van der Waals surface area contributed by atoms with E-state index in [2.05, 4.69) is 0 Å². The number of aliphatic hydroxyl groups is 3. The monoisotopic (exact) mass is 245 g/mol. The number of ether oxygens (including phenoxy) is 1. The second-order valence-electron chi connectivity index (χ2n) is 3.44. The summed E-state index contributed by atoms with van der Waals surface area (Å²) < 4.78 is 4.94. The molecule has 7 heteroatoms. The van der Waals surface area contributed by atoms with Crippen molar-refractivity contribution in [2.75, 3.05) is 5.23 Å². The third kappa shape index (κ3) is 5.09. The number of rotatable bonds is 6. The van der Waals surface area contributed by atoms with Gasteiger partial charge in [-0.3, -0.25) is 10.4 Å². The highest BCUT2D eigenvalue weighted by molar-refractivity contribution is 5.42. The Morgan fingerprint density at radius 3 is 2.12 bits per heavy atom. The van der Waals surface area contributed by atoms with Gasteiger partial charge in [-0.25, -0.2) is 0 Å². The molecule has 5 N–H and O–H groups in total. The van der Waals surface area contributed by atoms with Crippen molar-refractivity contribution in [3.8, 4) is 0 Å². The smallest absolute Gasteiger partial charge is 0.159 e. The van der Waals surface area contributed by atoms with Crippen molar-refractivity contribution in [2.24, 2.45) is 0 Å². The van der Waals surface area contributed by atoms with Crippen LogP contribution in [0.15, 0.2) is 24.3 Å². The molecule has 0 saturated heterocycles. The van der Waals surface area contributed by atoms with Crippen LogP contribution in [0.25, 0.3) is 0 Å². The second kappa shape index (κ2) is 6.50. The molecular weight excluding hydrogens is 230 g/mol. The van der Waals surface area contributed by atoms with Crippen LogP contribution in [-0.4, -0.2) is 38.3 Å². The van der Waals surface area contributed by atoms with Crippen molar-refractivity contribution in [3.05, 3.63) is 29.8 Å². The van der Waals surface area contributed by atoms with Gasteiger partial charge in [0.1, 0.15) is 0 Å². The lowest BCUT2D eigenvalue weighted by atomic mass is 10.2. The molecule has 1 atom stereocenters. The highest BCUT2D eigenvalue weighted by Crippen LogP contribution is 2.13. The van der Waals surface area contributed by atoms with Crippen LogP contribution in [0.4, 0.5) is 5.69 Å². The van der Waals surface area contributed by atoms with Crippen LogP contribution in [0.5, 0.6) is 0 Å². The van der Waals surface area contributed by atoms with E-state index in [0.29, 0.717) is 5.56 Å². The minimum atomic E-state index is -1.62. The SMILES string of the molecule is OC(O)CC(O)OCc1ccc(N(O)O)cc1. The molecule has 0 bridgehead atoms. The summed E-state index contributed by atoms with van der Waals surface area (Å²) in [4.78, 5) is 0. The van der Waals surface area contributed by atoms with Crippen LogP contribution in [0.2, 0.25) is 0 Å². The Balaban J connectivity index is 2.42. The lowest BCUT2D eigenvalue weighted by Crippen LogP contribution is -2.19. The Bertz CT molecular complexity index is 326. The van der Waals surface area contributed by atoms with Crippen LogP contribution < -0.4 is 5.23 Å². The Kier molecular flexibility index (Phi) is 5.29. The first-order chi connectivity index (χ1) is 7.99. The summed E-state index contributed by atoms with van der Waals surface area (Å²) in [7, 11) is 0. The molecule has 1 aromatic carbocycles. The summed E-state index contributed by atoms with van der Waals surface area (Å²) in [6.07, 6.45) is -3.18. The molecule has 0 amide bonds. The van der Waals surface area contributed by atoms with Gasteiger partial charge >= 0.3 is 0 Å². The first kappa shape index (κ1) is 13.8. The maximum Gasteiger partial charge on any atom is 0.159 e. The van der Waals surface area contributed by atoms with Gasteiger partial charge < -0.3 is 20.1 Å². The molecular formula is C10H15NO6. The fourth-order valence-electron chi connectivity index (χ4n) is 1.17. The third-order valence-electron chi connectivity index (χ3n) is 2.02. The van der Waals surface area contributed by atoms with Gasteiger partial charge in [0, 0.05) is 6.42 Å². The average molecular weight is 245 g/mol. The molecule has 0 aliphatic rings. The normalized spacial score (nSPS) is 12.8. The van der Waals surface area contributed by atoms with Crippen molar-refractivity contribution in [1.29, 1.82) is 0 Å². The highest BCUT2D eigenvalue weighted by Gasteiger charge is 2.09. The van der Waals surface area contributed by atoms with Crippen LogP contribution in [0, 0.1) is 0 Å². The second-order valence-corrected chi connectivity index (χ2v) is 3.44. The van der Waals surface area contributed by atoms with Crippen molar-refractivity contribution >= 4 is 5.69 Å². The summed E-state index contributed by atoms with van der Waals surface area (Å²) in [6, 6.07) is 6.06. The van der Waals surface area contributed by atoms with Gasteiger partial charge in [0.05, 0.1) is 12.3 Å². The molecule has 96 valence electrons. The number of benzene rings is 1. The molecule has 0 spiro atoms. The van der Waals surface area contributed by atoms with E-state index in [-0.39, 0.29) is 23.9 Å². The molecule has 0 saturated carbocycles. The predicted molar refractivity (Wildman–Crippen MR) is 56.1 cm³/mol. The summed E-state index contributed by atoms with van der Waals surface area (Å²) in [5.74, 6) is 0. The largest absolute Gasteiger partial charge is 0.368 e. The van der Waals surface area contributed by atoms with E-state index in [4.69, 9.17) is 25.4 Å². The Labute approximate surface area is 97.6 Å². The van der Waals surface area contributed by atoms with Crippen LogP contribution in [0.3, 0.4) is 0 Å². The Morgan fingerprint density at radius 2 is 1.65 bits per heavy atom. The third-order valence-corrected chi connectivity index (χ3v) is 2.02. The maximum atomic E-state index is 9.19. The van der Waals surface area contributed by atoms with Crippen molar-refractivity contribution in [2.45, 2.75) is 25.6 Å². The van der Waals surface area contributed by atoms with Gasteiger partial charge in [0.15, 0.2) is 12.6 Å². The number of aliphatic hydroxyl groups excluding tert-OH is 2. The topological polar surface area (TPSA) is 114 Å². The van der Waals surface area contributed by atoms with Gasteiger partial charge in [-0.2, -0.15) is 0 Å². The lowest BCUT2D eigenvalue weighted by molar-refractivity contribution is -0.161. The molecule has 1 rings (SSSR count). The number of hydrogen-bond acceptors (Lipinski definition) is 7. The zero-order chi connectivity index (χ0) is 12.8. The molecule has 0 heterocycles. The molecule has 0 aliphatic carbocycles. The minimum Gasteiger partial charge on any atom is -0.368 e. The standard InChI is InChI=1S/C10H15NO6/c12-9(13)5-10(14)17-6-7-1-3-8(4-2-7)11(15)16/h1-4,9-10,12-16H,5-6H2. The van der Waals surface area contributed by atoms with E-state index in [1.54, 1.807) is 12.1 Å².